The van der Waals surface area contributed by atoms with Crippen molar-refractivity contribution in [2.24, 2.45) is 22.7 Å². The average Bonchev–Trinajstić information content (AvgIpc) is 3.54. The molecule has 4 aliphatic heterocycles. The van der Waals surface area contributed by atoms with E-state index in [1.54, 1.807) is 41.7 Å². The van der Waals surface area contributed by atoms with Crippen LogP contribution in [0.4, 0.5) is 5.69 Å². The molecule has 0 aliphatic carbocycles. The standard InChI is InChI=1S/C47H80N4O12/c1-14-21-48-26-47(56)32(8)59-36(24-45(47,10)57-13)61-37-29(5)40(63-42-38-34(22-28(4)58-42)51(12)43(62-38)50-33-19-17-16-18-20-33)44(9,54)23-27(3)25-49-31(7)39(52)46(11,55)35(15-2)60-41(53)30(37)6/h16-20,27-32,34-40,42,48-49,52,54-56H,14-15,21-26H2,1-13H3/b50-43-/t27-,28-,29+,30-,31-,32+,34+,35-,36+,37+,38-,39-,40-,42+,44-,45-,46-,47+/m1/s1. The largest absolute Gasteiger partial charge is 0.459 e. The summed E-state index contributed by atoms with van der Waals surface area (Å²) in [7, 11) is 3.49. The van der Waals surface area contributed by atoms with Crippen molar-refractivity contribution in [3.8, 4) is 0 Å². The lowest BCUT2D eigenvalue weighted by molar-refractivity contribution is -0.335. The molecule has 360 valence electrons. The third-order valence-electron chi connectivity index (χ3n) is 14.3. The maximum Gasteiger partial charge on any atom is 0.311 e. The number of rotatable bonds is 11. The number of ether oxygens (including phenoxy) is 7. The second kappa shape index (κ2) is 21.0. The van der Waals surface area contributed by atoms with Gasteiger partial charge in [-0.25, -0.2) is 0 Å². The highest BCUT2D eigenvalue weighted by Crippen LogP contribution is 2.44. The van der Waals surface area contributed by atoms with Crippen LogP contribution in [0, 0.1) is 17.8 Å². The second-order valence-electron chi connectivity index (χ2n) is 19.7. The summed E-state index contributed by atoms with van der Waals surface area (Å²) in [6.07, 6.45) is -5.98. The van der Waals surface area contributed by atoms with Crippen LogP contribution in [0.15, 0.2) is 35.3 Å². The fourth-order valence-corrected chi connectivity index (χ4v) is 10.3. The van der Waals surface area contributed by atoms with Gasteiger partial charge in [-0.05, 0) is 105 Å². The van der Waals surface area contributed by atoms with Gasteiger partial charge in [0.2, 0.25) is 0 Å². The molecule has 0 aromatic heterocycles. The van der Waals surface area contributed by atoms with Crippen LogP contribution >= 0.6 is 0 Å². The van der Waals surface area contributed by atoms with Crippen LogP contribution in [-0.4, -0.2) is 161 Å². The number of carbonyl (C=O) groups is 1. The lowest BCUT2D eigenvalue weighted by Crippen LogP contribution is -2.70. The Bertz CT molecular complexity index is 1650. The van der Waals surface area contributed by atoms with Crippen LogP contribution in [0.2, 0.25) is 0 Å². The number of amidine groups is 1. The number of aliphatic hydroxyl groups excluding tert-OH is 1. The molecule has 0 spiro atoms. The van der Waals surface area contributed by atoms with Gasteiger partial charge in [-0.1, -0.05) is 45.9 Å². The Morgan fingerprint density at radius 1 is 0.968 bits per heavy atom. The van der Waals surface area contributed by atoms with Gasteiger partial charge in [-0.15, -0.1) is 0 Å². The molecule has 1 aromatic rings. The van der Waals surface area contributed by atoms with E-state index in [0.717, 1.165) is 12.1 Å². The topological polar surface area (TPSA) is 202 Å². The van der Waals surface area contributed by atoms with Gasteiger partial charge in [0, 0.05) is 39.1 Å². The fraction of sp³-hybridized carbons (Fsp3) is 0.830. The predicted octanol–water partition coefficient (Wildman–Crippen LogP) is 4.02. The average molecular weight is 893 g/mol. The van der Waals surface area contributed by atoms with Crippen molar-refractivity contribution in [2.45, 2.75) is 198 Å². The molecule has 5 rings (SSSR count). The first kappa shape index (κ1) is 51.5. The number of benzene rings is 1. The van der Waals surface area contributed by atoms with Gasteiger partial charge in [-0.3, -0.25) is 4.79 Å². The number of para-hydroxylation sites is 1. The van der Waals surface area contributed by atoms with Gasteiger partial charge in [0.05, 0.1) is 47.7 Å². The Morgan fingerprint density at radius 2 is 1.65 bits per heavy atom. The first-order valence-corrected chi connectivity index (χ1v) is 23.2. The number of cyclic esters (lactones) is 1. The van der Waals surface area contributed by atoms with E-state index < -0.39 is 95.5 Å². The molecule has 16 nitrogen and oxygen atoms in total. The van der Waals surface area contributed by atoms with E-state index in [2.05, 4.69) is 10.6 Å². The molecule has 16 heteroatoms. The number of fused-ring (bicyclic) bond motifs is 1. The minimum absolute atomic E-state index is 0.0981. The first-order chi connectivity index (χ1) is 29.5. The Morgan fingerprint density at radius 3 is 2.29 bits per heavy atom. The molecular weight excluding hydrogens is 813 g/mol. The highest BCUT2D eigenvalue weighted by Gasteiger charge is 2.59. The summed E-state index contributed by atoms with van der Waals surface area (Å²) in [5.74, 6) is -2.63. The fourth-order valence-electron chi connectivity index (χ4n) is 10.3. The zero-order valence-corrected chi connectivity index (χ0v) is 40.1. The molecule has 4 heterocycles. The number of hydrogen-bond acceptors (Lipinski definition) is 15. The Hall–Kier alpha value is -2.48. The monoisotopic (exact) mass is 893 g/mol. The SMILES string of the molecule is CCCNC[C@]1(O)[C@H](C)O[C@@H](O[C@H]2[C@H](C)[C@@H](O[C@@H]3O[C@H](C)C[C@H]4[C@H]3O/C(=N\c3ccccc3)N4C)[C@](C)(O)C[C@@H](C)CN[C@H](C)[C@@H](O)[C@](C)(O)[C@@H](CC)OC(=O)[C@@H]2C)C[C@@]1(C)OC. The lowest BCUT2D eigenvalue weighted by Gasteiger charge is -2.53. The van der Waals surface area contributed by atoms with Crippen LogP contribution in [0.3, 0.4) is 0 Å². The zero-order chi connectivity index (χ0) is 46.7. The van der Waals surface area contributed by atoms with Crippen LogP contribution in [0.25, 0.3) is 0 Å². The van der Waals surface area contributed by atoms with Gasteiger partial charge < -0.3 is 69.1 Å². The summed E-state index contributed by atoms with van der Waals surface area (Å²) in [5, 5.41) is 54.9. The molecule has 18 atom stereocenters. The highest BCUT2D eigenvalue weighted by atomic mass is 16.7. The smallest absolute Gasteiger partial charge is 0.311 e. The first-order valence-electron chi connectivity index (χ1n) is 23.2. The Balaban J connectivity index is 1.57. The highest BCUT2D eigenvalue weighted by molar-refractivity contribution is 5.79. The molecule has 4 aliphatic rings. The minimum atomic E-state index is -1.82. The van der Waals surface area contributed by atoms with E-state index >= 15 is 0 Å². The van der Waals surface area contributed by atoms with Crippen LogP contribution in [-0.2, 0) is 38.0 Å². The Labute approximate surface area is 375 Å². The summed E-state index contributed by atoms with van der Waals surface area (Å²) in [4.78, 5) is 21.3. The van der Waals surface area contributed by atoms with Gasteiger partial charge in [0.25, 0.3) is 6.02 Å². The number of nitrogens with zero attached hydrogens (tertiary/aromatic N) is 2. The van der Waals surface area contributed by atoms with E-state index in [0.29, 0.717) is 25.5 Å². The van der Waals surface area contributed by atoms with E-state index in [1.807, 2.05) is 76.9 Å². The summed E-state index contributed by atoms with van der Waals surface area (Å²) in [6.45, 7) is 21.2. The Kier molecular flexibility index (Phi) is 17.2. The molecule has 0 amide bonds. The lowest BCUT2D eigenvalue weighted by atomic mass is 9.75. The molecule has 0 unspecified atom stereocenters. The number of likely N-dealkylation sites (N-methyl/N-ethyl adjacent to an activating group) is 1. The summed E-state index contributed by atoms with van der Waals surface area (Å²) in [6, 6.07) is 9.22. The number of nitrogens with one attached hydrogen (secondary N) is 2. The summed E-state index contributed by atoms with van der Waals surface area (Å²) in [5.41, 5.74) is -5.23. The number of carbonyl (C=O) groups excluding carboxylic acids is 1. The van der Waals surface area contributed by atoms with Crippen molar-refractivity contribution < 1.29 is 58.4 Å². The van der Waals surface area contributed by atoms with E-state index in [-0.39, 0.29) is 43.9 Å². The van der Waals surface area contributed by atoms with Crippen molar-refractivity contribution in [1.29, 1.82) is 0 Å². The molecule has 0 bridgehead atoms. The summed E-state index contributed by atoms with van der Waals surface area (Å²) < 4.78 is 45.9. The quantitative estimate of drug-likeness (QED) is 0.137. The molecule has 6 N–H and O–H groups in total. The second-order valence-corrected chi connectivity index (χ2v) is 19.7. The molecule has 0 radical (unpaired) electrons. The zero-order valence-electron chi connectivity index (χ0n) is 40.1. The van der Waals surface area contributed by atoms with Crippen molar-refractivity contribution in [3.63, 3.8) is 0 Å². The van der Waals surface area contributed by atoms with Crippen LogP contribution in [0.5, 0.6) is 0 Å². The molecule has 4 fully saturated rings. The molecule has 4 saturated heterocycles. The molecule has 1 aromatic carbocycles. The maximum atomic E-state index is 14.5. The normalized spacial score (nSPS) is 45.2. The third kappa shape index (κ3) is 11.2. The van der Waals surface area contributed by atoms with Gasteiger partial charge in [0.15, 0.2) is 18.7 Å². The van der Waals surface area contributed by atoms with Crippen molar-refractivity contribution in [2.75, 3.05) is 33.8 Å². The summed E-state index contributed by atoms with van der Waals surface area (Å²) >= 11 is 0. The number of hydrogen-bond donors (Lipinski definition) is 6. The molecular formula is C47H80N4O12. The van der Waals surface area contributed by atoms with Crippen molar-refractivity contribution in [1.82, 2.24) is 15.5 Å². The number of methoxy groups -OCH3 is 1. The third-order valence-corrected chi connectivity index (χ3v) is 14.3. The van der Waals surface area contributed by atoms with Crippen LogP contribution < -0.4 is 10.6 Å². The number of aliphatic imine (C=N–C) groups is 1. The van der Waals surface area contributed by atoms with Crippen molar-refractivity contribution in [3.05, 3.63) is 30.3 Å². The maximum absolute atomic E-state index is 14.5. The van der Waals surface area contributed by atoms with Gasteiger partial charge in [0.1, 0.15) is 29.0 Å². The van der Waals surface area contributed by atoms with E-state index in [1.165, 1.54) is 6.92 Å². The number of aliphatic hydroxyl groups is 4. The predicted molar refractivity (Wildman–Crippen MR) is 238 cm³/mol. The van der Waals surface area contributed by atoms with Crippen molar-refractivity contribution >= 4 is 17.7 Å². The molecule has 63 heavy (non-hydrogen) atoms. The van der Waals surface area contributed by atoms with Gasteiger partial charge in [-0.2, -0.15) is 4.99 Å². The molecule has 0 saturated carbocycles. The number of esters is 1. The van der Waals surface area contributed by atoms with Crippen LogP contribution in [0.1, 0.15) is 108 Å². The van der Waals surface area contributed by atoms with Gasteiger partial charge >= 0.3 is 5.97 Å². The van der Waals surface area contributed by atoms with E-state index in [4.69, 9.17) is 38.2 Å². The minimum Gasteiger partial charge on any atom is -0.459 e. The van der Waals surface area contributed by atoms with E-state index in [9.17, 15) is 25.2 Å².